The van der Waals surface area contributed by atoms with Crippen LogP contribution in [0.5, 0.6) is 0 Å². The van der Waals surface area contributed by atoms with E-state index in [0.29, 0.717) is 6.04 Å². The van der Waals surface area contributed by atoms with Gasteiger partial charge in [0.05, 0.1) is 6.04 Å². The Morgan fingerprint density at radius 1 is 1.62 bits per heavy atom. The van der Waals surface area contributed by atoms with Gasteiger partial charge in [0, 0.05) is 12.6 Å². The molecule has 1 aliphatic heterocycles. The van der Waals surface area contributed by atoms with Crippen LogP contribution in [0.4, 0.5) is 0 Å². The Balaban J connectivity index is 2.29. The number of hydrogen-bond acceptors (Lipinski definition) is 3. The van der Waals surface area contributed by atoms with Gasteiger partial charge in [0.15, 0.2) is 0 Å². The zero-order chi connectivity index (χ0) is 12.1. The van der Waals surface area contributed by atoms with Gasteiger partial charge in [-0.15, -0.1) is 0 Å². The molecule has 0 spiro atoms. The lowest BCUT2D eigenvalue weighted by molar-refractivity contribution is -0.123. The van der Waals surface area contributed by atoms with Gasteiger partial charge in [-0.3, -0.25) is 4.79 Å². The van der Waals surface area contributed by atoms with Gasteiger partial charge in [-0.1, -0.05) is 20.3 Å². The Kier molecular flexibility index (Phi) is 5.22. The van der Waals surface area contributed by atoms with E-state index < -0.39 is 0 Å². The molecule has 0 aliphatic carbocycles. The lowest BCUT2D eigenvalue weighted by Crippen LogP contribution is -2.48. The molecular weight excluding hydrogens is 202 g/mol. The number of likely N-dealkylation sites (tertiary alicyclic amines) is 1. The van der Waals surface area contributed by atoms with Crippen molar-refractivity contribution in [2.75, 3.05) is 20.1 Å². The molecule has 94 valence electrons. The lowest BCUT2D eigenvalue weighted by Gasteiger charge is -2.22. The van der Waals surface area contributed by atoms with Gasteiger partial charge in [0.2, 0.25) is 5.91 Å². The lowest BCUT2D eigenvalue weighted by atomic mass is 9.99. The monoisotopic (exact) mass is 227 g/mol. The Morgan fingerprint density at radius 3 is 2.81 bits per heavy atom. The Labute approximate surface area is 98.6 Å². The second-order valence-corrected chi connectivity index (χ2v) is 4.93. The van der Waals surface area contributed by atoms with Crippen LogP contribution in [0.25, 0.3) is 0 Å². The zero-order valence-corrected chi connectivity index (χ0v) is 10.7. The summed E-state index contributed by atoms with van der Waals surface area (Å²) < 4.78 is 0. The van der Waals surface area contributed by atoms with E-state index >= 15 is 0 Å². The van der Waals surface area contributed by atoms with E-state index in [-0.39, 0.29) is 17.9 Å². The molecule has 3 atom stereocenters. The molecule has 0 radical (unpaired) electrons. The van der Waals surface area contributed by atoms with Gasteiger partial charge < -0.3 is 16.0 Å². The largest absolute Gasteiger partial charge is 0.353 e. The first-order valence-corrected chi connectivity index (χ1v) is 6.29. The molecule has 1 saturated heterocycles. The van der Waals surface area contributed by atoms with Gasteiger partial charge >= 0.3 is 0 Å². The predicted molar refractivity (Wildman–Crippen MR) is 66.1 cm³/mol. The fourth-order valence-electron chi connectivity index (χ4n) is 2.09. The van der Waals surface area contributed by atoms with E-state index in [4.69, 9.17) is 5.73 Å². The van der Waals surface area contributed by atoms with E-state index in [1.807, 2.05) is 6.92 Å². The Morgan fingerprint density at radius 2 is 2.31 bits per heavy atom. The molecule has 1 aliphatic rings. The van der Waals surface area contributed by atoms with Crippen molar-refractivity contribution in [2.45, 2.75) is 45.2 Å². The van der Waals surface area contributed by atoms with Crippen LogP contribution in [0.1, 0.15) is 33.1 Å². The molecule has 0 aromatic carbocycles. The van der Waals surface area contributed by atoms with E-state index in [1.54, 1.807) is 0 Å². The average molecular weight is 227 g/mol. The number of carbonyl (C=O) groups excluding carboxylic acids is 1. The molecule has 0 saturated carbocycles. The highest BCUT2D eigenvalue weighted by Gasteiger charge is 2.23. The smallest absolute Gasteiger partial charge is 0.237 e. The number of hydrogen-bond donors (Lipinski definition) is 2. The fraction of sp³-hybridized carbons (Fsp3) is 0.917. The summed E-state index contributed by atoms with van der Waals surface area (Å²) in [5.74, 6) is 0.246. The van der Waals surface area contributed by atoms with Crippen LogP contribution in [0, 0.1) is 5.92 Å². The minimum absolute atomic E-state index is 0.00495. The molecule has 1 heterocycles. The summed E-state index contributed by atoms with van der Waals surface area (Å²) in [4.78, 5) is 14.1. The maximum Gasteiger partial charge on any atom is 0.237 e. The molecule has 1 fully saturated rings. The summed E-state index contributed by atoms with van der Waals surface area (Å²) in [7, 11) is 2.11. The molecule has 16 heavy (non-hydrogen) atoms. The second-order valence-electron chi connectivity index (χ2n) is 4.93. The minimum atomic E-state index is -0.364. The van der Waals surface area contributed by atoms with Crippen LogP contribution in [0.3, 0.4) is 0 Å². The summed E-state index contributed by atoms with van der Waals surface area (Å²) in [6.45, 7) is 5.95. The highest BCUT2D eigenvalue weighted by Crippen LogP contribution is 2.13. The molecule has 3 N–H and O–H groups in total. The van der Waals surface area contributed by atoms with Crippen LogP contribution in [0.2, 0.25) is 0 Å². The summed E-state index contributed by atoms with van der Waals surface area (Å²) in [5, 5.41) is 2.96. The highest BCUT2D eigenvalue weighted by molar-refractivity contribution is 5.81. The molecule has 0 bridgehead atoms. The van der Waals surface area contributed by atoms with Crippen molar-refractivity contribution in [1.29, 1.82) is 0 Å². The van der Waals surface area contributed by atoms with Crippen molar-refractivity contribution >= 4 is 5.91 Å². The van der Waals surface area contributed by atoms with Crippen molar-refractivity contribution in [3.8, 4) is 0 Å². The first kappa shape index (κ1) is 13.5. The number of rotatable bonds is 5. The molecule has 4 heteroatoms. The number of amides is 1. The third kappa shape index (κ3) is 3.46. The topological polar surface area (TPSA) is 58.4 Å². The standard InChI is InChI=1S/C12H25N3O/c1-4-9(2)11(13)12(16)14-8-10-6-5-7-15(10)3/h9-11H,4-8,13H2,1-3H3,(H,14,16)/t9?,10?,11-/m0/s1. The van der Waals surface area contributed by atoms with E-state index in [0.717, 1.165) is 19.5 Å². The van der Waals surface area contributed by atoms with E-state index in [1.165, 1.54) is 12.8 Å². The molecule has 2 unspecified atom stereocenters. The third-order valence-electron chi connectivity index (χ3n) is 3.74. The normalized spacial score (nSPS) is 25.4. The quantitative estimate of drug-likeness (QED) is 0.722. The van der Waals surface area contributed by atoms with Gasteiger partial charge in [-0.05, 0) is 32.4 Å². The third-order valence-corrected chi connectivity index (χ3v) is 3.74. The first-order chi connectivity index (χ1) is 7.56. The molecule has 1 rings (SSSR count). The molecule has 4 nitrogen and oxygen atoms in total. The van der Waals surface area contributed by atoms with Crippen molar-refractivity contribution in [2.24, 2.45) is 11.7 Å². The van der Waals surface area contributed by atoms with Gasteiger partial charge in [0.1, 0.15) is 0 Å². The highest BCUT2D eigenvalue weighted by atomic mass is 16.2. The number of likely N-dealkylation sites (N-methyl/N-ethyl adjacent to an activating group) is 1. The number of nitrogens with two attached hydrogens (primary N) is 1. The maximum absolute atomic E-state index is 11.8. The maximum atomic E-state index is 11.8. The van der Waals surface area contributed by atoms with Crippen molar-refractivity contribution in [1.82, 2.24) is 10.2 Å². The van der Waals surface area contributed by atoms with E-state index in [9.17, 15) is 4.79 Å². The van der Waals surface area contributed by atoms with Gasteiger partial charge in [-0.25, -0.2) is 0 Å². The van der Waals surface area contributed by atoms with Crippen LogP contribution in [-0.4, -0.2) is 43.0 Å². The van der Waals surface area contributed by atoms with Gasteiger partial charge in [-0.2, -0.15) is 0 Å². The van der Waals surface area contributed by atoms with Crippen molar-refractivity contribution in [3.63, 3.8) is 0 Å². The minimum Gasteiger partial charge on any atom is -0.353 e. The predicted octanol–water partition coefficient (Wildman–Crippen LogP) is 0.570. The van der Waals surface area contributed by atoms with Gasteiger partial charge in [0.25, 0.3) is 0 Å². The molecule has 0 aromatic heterocycles. The Hall–Kier alpha value is -0.610. The molecule has 0 aromatic rings. The Bertz CT molecular complexity index is 232. The number of nitrogens with one attached hydrogen (secondary N) is 1. The second kappa shape index (κ2) is 6.21. The van der Waals surface area contributed by atoms with Crippen LogP contribution < -0.4 is 11.1 Å². The molecular formula is C12H25N3O. The SMILES string of the molecule is CCC(C)[C@H](N)C(=O)NCC1CCCN1C. The van der Waals surface area contributed by atoms with Crippen molar-refractivity contribution in [3.05, 3.63) is 0 Å². The van der Waals surface area contributed by atoms with Crippen LogP contribution >= 0.6 is 0 Å². The van der Waals surface area contributed by atoms with E-state index in [2.05, 4.69) is 24.2 Å². The summed E-state index contributed by atoms with van der Waals surface area (Å²) in [5.41, 5.74) is 5.87. The summed E-state index contributed by atoms with van der Waals surface area (Å²) in [6.07, 6.45) is 3.35. The van der Waals surface area contributed by atoms with Crippen molar-refractivity contribution < 1.29 is 4.79 Å². The zero-order valence-electron chi connectivity index (χ0n) is 10.7. The van der Waals surface area contributed by atoms with Crippen LogP contribution in [0.15, 0.2) is 0 Å². The fourth-order valence-corrected chi connectivity index (χ4v) is 2.09. The molecule has 1 amide bonds. The number of carbonyl (C=O) groups is 1. The number of nitrogens with zero attached hydrogens (tertiary/aromatic N) is 1. The average Bonchev–Trinajstić information content (AvgIpc) is 2.69. The summed E-state index contributed by atoms with van der Waals surface area (Å²) in [6, 6.07) is 0.129. The first-order valence-electron chi connectivity index (χ1n) is 6.29. The summed E-state index contributed by atoms with van der Waals surface area (Å²) >= 11 is 0. The van der Waals surface area contributed by atoms with Crippen LogP contribution in [-0.2, 0) is 4.79 Å².